The first-order valence-electron chi connectivity index (χ1n) is 9.27. The summed E-state index contributed by atoms with van der Waals surface area (Å²) in [6.45, 7) is 2.78. The molecule has 4 rings (SSSR count). The number of β-amino-alcohol motifs (C(OH)–C–C–N with tert-alkyl or cyclic N) is 1. The quantitative estimate of drug-likeness (QED) is 0.844. The van der Waals surface area contributed by atoms with E-state index in [1.165, 1.54) is 4.90 Å². The van der Waals surface area contributed by atoms with E-state index in [0.29, 0.717) is 24.5 Å². The minimum Gasteiger partial charge on any atom is -0.388 e. The van der Waals surface area contributed by atoms with Gasteiger partial charge in [-0.2, -0.15) is 5.10 Å². The fourth-order valence-corrected chi connectivity index (χ4v) is 4.10. The Morgan fingerprint density at radius 3 is 2.50 bits per heavy atom. The number of hydrogen-bond donors (Lipinski definition) is 1. The number of aliphatic hydroxyl groups excluding tert-OH is 1. The number of carbonyl (C=O) groups is 1. The van der Waals surface area contributed by atoms with Crippen molar-refractivity contribution >= 4 is 23.3 Å². The maximum atomic E-state index is 13.8. The van der Waals surface area contributed by atoms with Gasteiger partial charge in [-0.05, 0) is 43.2 Å². The van der Waals surface area contributed by atoms with Crippen molar-refractivity contribution in [3.8, 4) is 0 Å². The van der Waals surface area contributed by atoms with E-state index >= 15 is 0 Å². The van der Waals surface area contributed by atoms with E-state index in [1.807, 2.05) is 36.1 Å². The van der Waals surface area contributed by atoms with Gasteiger partial charge in [0.1, 0.15) is 12.3 Å². The van der Waals surface area contributed by atoms with Gasteiger partial charge in [-0.15, -0.1) is 5.10 Å². The lowest BCUT2D eigenvalue weighted by molar-refractivity contribution is -0.143. The Bertz CT molecular complexity index is 846. The second-order valence-electron chi connectivity index (χ2n) is 7.77. The van der Waals surface area contributed by atoms with E-state index in [4.69, 9.17) is 11.6 Å². The molecule has 1 N–H and O–H groups in total. The van der Waals surface area contributed by atoms with Crippen LogP contribution in [-0.2, 0) is 11.2 Å². The average Bonchev–Trinajstić information content (AvgIpc) is 2.99. The van der Waals surface area contributed by atoms with Gasteiger partial charge in [0.25, 0.3) is 0 Å². The molecule has 2 atom stereocenters. The molecule has 0 aliphatic carbocycles. The molecule has 2 aromatic rings. The van der Waals surface area contributed by atoms with E-state index in [0.717, 1.165) is 17.1 Å². The molecule has 0 radical (unpaired) electrons. The molecular formula is C20H22ClFN4O2. The van der Waals surface area contributed by atoms with Crippen molar-refractivity contribution in [1.82, 2.24) is 15.1 Å². The van der Waals surface area contributed by atoms with Crippen LogP contribution in [0.1, 0.15) is 11.3 Å². The fraction of sp³-hybridized carbons (Fsp3) is 0.450. The van der Waals surface area contributed by atoms with Crippen molar-refractivity contribution in [2.45, 2.75) is 25.6 Å². The van der Waals surface area contributed by atoms with Crippen molar-refractivity contribution < 1.29 is 14.3 Å². The first-order valence-corrected chi connectivity index (χ1v) is 9.65. The molecule has 28 heavy (non-hydrogen) atoms. The number of halogens is 2. The zero-order valence-electron chi connectivity index (χ0n) is 15.6. The third kappa shape index (κ3) is 3.56. The highest BCUT2D eigenvalue weighted by Gasteiger charge is 2.53. The number of rotatable bonds is 4. The van der Waals surface area contributed by atoms with Gasteiger partial charge < -0.3 is 14.9 Å². The van der Waals surface area contributed by atoms with E-state index in [-0.39, 0.29) is 19.0 Å². The summed E-state index contributed by atoms with van der Waals surface area (Å²) in [5.41, 5.74) is 1.13. The van der Waals surface area contributed by atoms with Gasteiger partial charge in [-0.3, -0.25) is 4.79 Å². The van der Waals surface area contributed by atoms with Gasteiger partial charge in [-0.25, -0.2) is 4.39 Å². The molecule has 1 aromatic heterocycles. The Morgan fingerprint density at radius 2 is 1.93 bits per heavy atom. The van der Waals surface area contributed by atoms with Crippen LogP contribution in [-0.4, -0.2) is 64.6 Å². The van der Waals surface area contributed by atoms with Crippen LogP contribution in [0.2, 0.25) is 5.02 Å². The molecule has 0 spiro atoms. The number of nitrogens with zero attached hydrogens (tertiary/aromatic N) is 4. The van der Waals surface area contributed by atoms with Gasteiger partial charge in [-0.1, -0.05) is 23.7 Å². The molecule has 3 heterocycles. The molecule has 1 amide bonds. The maximum absolute atomic E-state index is 13.8. The van der Waals surface area contributed by atoms with Crippen LogP contribution in [0.25, 0.3) is 0 Å². The lowest BCUT2D eigenvalue weighted by Gasteiger charge is -2.50. The van der Waals surface area contributed by atoms with Crippen LogP contribution in [0.5, 0.6) is 0 Å². The molecule has 8 heteroatoms. The Kier molecular flexibility index (Phi) is 4.97. The maximum Gasteiger partial charge on any atom is 0.232 e. The summed E-state index contributed by atoms with van der Waals surface area (Å²) in [6.07, 6.45) is -1.99. The van der Waals surface area contributed by atoms with Gasteiger partial charge in [0.15, 0.2) is 5.82 Å². The standard InChI is InChI=1S/C20H22ClFN4O2/c1-13-2-7-18(24-23-13)26-11-20(12-26,8-14-3-5-15(21)6-4-14)19(28)25-9-16(22)17(27)10-25/h2-7,16-17,27H,8-12H2,1H3/t16-,17-/m1/s1. The predicted molar refractivity (Wildman–Crippen MR) is 104 cm³/mol. The second kappa shape index (κ2) is 7.29. The normalized spacial score (nSPS) is 23.6. The Morgan fingerprint density at radius 1 is 1.21 bits per heavy atom. The van der Waals surface area contributed by atoms with Crippen molar-refractivity contribution in [2.75, 3.05) is 31.1 Å². The van der Waals surface area contributed by atoms with E-state index < -0.39 is 17.7 Å². The van der Waals surface area contributed by atoms with Crippen LogP contribution in [0.15, 0.2) is 36.4 Å². The van der Waals surface area contributed by atoms with Gasteiger partial charge in [0.2, 0.25) is 5.91 Å². The minimum atomic E-state index is -1.39. The van der Waals surface area contributed by atoms with Gasteiger partial charge >= 0.3 is 0 Å². The Balaban J connectivity index is 1.56. The minimum absolute atomic E-state index is 0.0344. The monoisotopic (exact) mass is 404 g/mol. The molecular weight excluding hydrogens is 383 g/mol. The molecule has 2 fully saturated rings. The smallest absolute Gasteiger partial charge is 0.232 e. The van der Waals surface area contributed by atoms with Crippen molar-refractivity contribution in [2.24, 2.45) is 5.41 Å². The van der Waals surface area contributed by atoms with Crippen molar-refractivity contribution in [3.05, 3.63) is 52.7 Å². The lowest BCUT2D eigenvalue weighted by atomic mass is 9.73. The number of anilines is 1. The first kappa shape index (κ1) is 19.1. The summed E-state index contributed by atoms with van der Waals surface area (Å²) in [6, 6.07) is 11.2. The summed E-state index contributed by atoms with van der Waals surface area (Å²) >= 11 is 5.98. The SMILES string of the molecule is Cc1ccc(N2CC(Cc3ccc(Cl)cc3)(C(=O)N3C[C@@H](O)[C@H](F)C3)C2)nn1. The zero-order chi connectivity index (χ0) is 19.9. The summed E-state index contributed by atoms with van der Waals surface area (Å²) < 4.78 is 13.8. The van der Waals surface area contributed by atoms with Crippen molar-refractivity contribution in [1.29, 1.82) is 0 Å². The number of benzene rings is 1. The number of alkyl halides is 1. The lowest BCUT2D eigenvalue weighted by Crippen LogP contribution is -2.65. The Hall–Kier alpha value is -2.25. The second-order valence-corrected chi connectivity index (χ2v) is 8.20. The first-order chi connectivity index (χ1) is 13.4. The summed E-state index contributed by atoms with van der Waals surface area (Å²) in [5.74, 6) is 0.591. The molecule has 0 bridgehead atoms. The zero-order valence-corrected chi connectivity index (χ0v) is 16.3. The molecule has 0 saturated carbocycles. The molecule has 2 aliphatic rings. The van der Waals surface area contributed by atoms with Crippen LogP contribution < -0.4 is 4.90 Å². The molecule has 148 valence electrons. The number of carbonyl (C=O) groups excluding carboxylic acids is 1. The van der Waals surface area contributed by atoms with Crippen LogP contribution in [0.3, 0.4) is 0 Å². The average molecular weight is 405 g/mol. The highest BCUT2D eigenvalue weighted by atomic mass is 35.5. The number of hydrogen-bond acceptors (Lipinski definition) is 5. The largest absolute Gasteiger partial charge is 0.388 e. The third-order valence-electron chi connectivity index (χ3n) is 5.51. The number of aliphatic hydroxyl groups is 1. The number of likely N-dealkylation sites (tertiary alicyclic amines) is 1. The summed E-state index contributed by atoms with van der Waals surface area (Å²) in [7, 11) is 0. The van der Waals surface area contributed by atoms with E-state index in [9.17, 15) is 14.3 Å². The van der Waals surface area contributed by atoms with Crippen LogP contribution in [0, 0.1) is 12.3 Å². The molecule has 0 unspecified atom stereocenters. The van der Waals surface area contributed by atoms with Crippen LogP contribution in [0.4, 0.5) is 10.2 Å². The molecule has 1 aromatic carbocycles. The van der Waals surface area contributed by atoms with E-state index in [1.54, 1.807) is 12.1 Å². The van der Waals surface area contributed by atoms with Crippen LogP contribution >= 0.6 is 11.6 Å². The molecule has 2 saturated heterocycles. The predicted octanol–water partition coefficient (Wildman–Crippen LogP) is 2.03. The van der Waals surface area contributed by atoms with Gasteiger partial charge in [0.05, 0.1) is 17.7 Å². The number of amides is 1. The summed E-state index contributed by atoms with van der Waals surface area (Å²) in [5, 5.41) is 18.7. The Labute approximate surface area is 167 Å². The van der Waals surface area contributed by atoms with Gasteiger partial charge in [0, 0.05) is 24.7 Å². The number of aryl methyl sites for hydroxylation is 1. The van der Waals surface area contributed by atoms with Crippen molar-refractivity contribution in [3.63, 3.8) is 0 Å². The fourth-order valence-electron chi connectivity index (χ4n) is 3.97. The molecule has 2 aliphatic heterocycles. The third-order valence-corrected chi connectivity index (χ3v) is 5.76. The highest BCUT2D eigenvalue weighted by Crippen LogP contribution is 2.39. The summed E-state index contributed by atoms with van der Waals surface area (Å²) in [4.78, 5) is 16.7. The molecule has 6 nitrogen and oxygen atoms in total. The van der Waals surface area contributed by atoms with E-state index in [2.05, 4.69) is 10.2 Å². The topological polar surface area (TPSA) is 69.6 Å². The highest BCUT2D eigenvalue weighted by molar-refractivity contribution is 6.30. The number of aromatic nitrogens is 2.